The number of aliphatic carboxylic acids is 1. The molecular formula is C10H9F2NO3. The van der Waals surface area contributed by atoms with E-state index in [9.17, 15) is 18.7 Å². The third-order valence-electron chi connectivity index (χ3n) is 2.90. The number of aromatic nitrogens is 1. The summed E-state index contributed by atoms with van der Waals surface area (Å²) in [6.45, 7) is 0. The first-order valence-electron chi connectivity index (χ1n) is 4.69. The standard InChI is InChI=1S/C10H9F2NO3/c11-5-3-13-4-6(12)7(5)10(1-2-10)8(14)9(15)16/h3-4,8,14H,1-2H2,(H,15,16). The molecule has 1 aliphatic rings. The molecule has 6 heteroatoms. The van der Waals surface area contributed by atoms with Gasteiger partial charge in [0, 0.05) is 11.0 Å². The van der Waals surface area contributed by atoms with E-state index in [1.807, 2.05) is 0 Å². The first-order valence-corrected chi connectivity index (χ1v) is 4.69. The first-order chi connectivity index (χ1) is 7.49. The van der Waals surface area contributed by atoms with Gasteiger partial charge < -0.3 is 10.2 Å². The highest BCUT2D eigenvalue weighted by molar-refractivity contribution is 5.75. The number of carboxylic acid groups (broad SMARTS) is 1. The SMILES string of the molecule is O=C(O)C(O)C1(c2c(F)cncc2F)CC1. The van der Waals surface area contributed by atoms with E-state index in [1.165, 1.54) is 0 Å². The summed E-state index contributed by atoms with van der Waals surface area (Å²) in [5, 5.41) is 18.2. The first kappa shape index (κ1) is 10.9. The van der Waals surface area contributed by atoms with Gasteiger partial charge in [-0.25, -0.2) is 13.6 Å². The van der Waals surface area contributed by atoms with Crippen molar-refractivity contribution < 1.29 is 23.8 Å². The zero-order valence-electron chi connectivity index (χ0n) is 8.15. The molecule has 0 spiro atoms. The molecule has 4 nitrogen and oxygen atoms in total. The van der Waals surface area contributed by atoms with E-state index in [2.05, 4.69) is 4.98 Å². The lowest BCUT2D eigenvalue weighted by molar-refractivity contribution is -0.148. The summed E-state index contributed by atoms with van der Waals surface area (Å²) in [7, 11) is 0. The molecule has 1 aromatic rings. The monoisotopic (exact) mass is 229 g/mol. The van der Waals surface area contributed by atoms with Gasteiger partial charge in [0.25, 0.3) is 0 Å². The topological polar surface area (TPSA) is 70.4 Å². The van der Waals surface area contributed by atoms with Gasteiger partial charge in [-0.2, -0.15) is 0 Å². The lowest BCUT2D eigenvalue weighted by atomic mass is 9.90. The van der Waals surface area contributed by atoms with Crippen LogP contribution in [0.1, 0.15) is 18.4 Å². The Morgan fingerprint density at radius 2 is 1.88 bits per heavy atom. The van der Waals surface area contributed by atoms with Gasteiger partial charge in [-0.05, 0) is 12.8 Å². The van der Waals surface area contributed by atoms with Crippen molar-refractivity contribution in [3.63, 3.8) is 0 Å². The highest BCUT2D eigenvalue weighted by atomic mass is 19.1. The van der Waals surface area contributed by atoms with Gasteiger partial charge in [0.2, 0.25) is 0 Å². The van der Waals surface area contributed by atoms with Crippen molar-refractivity contribution >= 4 is 5.97 Å². The summed E-state index contributed by atoms with van der Waals surface area (Å²) in [5.41, 5.74) is -1.71. The number of rotatable bonds is 3. The van der Waals surface area contributed by atoms with E-state index in [0.29, 0.717) is 0 Å². The number of hydrogen-bond acceptors (Lipinski definition) is 3. The number of aliphatic hydroxyl groups excluding tert-OH is 1. The largest absolute Gasteiger partial charge is 0.479 e. The third kappa shape index (κ3) is 1.46. The van der Waals surface area contributed by atoms with Crippen molar-refractivity contribution in [3.05, 3.63) is 29.6 Å². The second-order valence-corrected chi connectivity index (χ2v) is 3.88. The average molecular weight is 229 g/mol. The molecule has 16 heavy (non-hydrogen) atoms. The van der Waals surface area contributed by atoms with Gasteiger partial charge in [-0.15, -0.1) is 0 Å². The van der Waals surface area contributed by atoms with Crippen LogP contribution in [0, 0.1) is 11.6 Å². The fraction of sp³-hybridized carbons (Fsp3) is 0.400. The predicted octanol–water partition coefficient (Wildman–Crippen LogP) is 0.837. The molecule has 0 radical (unpaired) electrons. The van der Waals surface area contributed by atoms with Gasteiger partial charge in [0.05, 0.1) is 12.4 Å². The molecule has 1 aromatic heterocycles. The van der Waals surface area contributed by atoms with Gasteiger partial charge in [0.1, 0.15) is 11.6 Å². The molecular weight excluding hydrogens is 220 g/mol. The van der Waals surface area contributed by atoms with Gasteiger partial charge >= 0.3 is 5.97 Å². The number of carboxylic acids is 1. The molecule has 0 saturated heterocycles. The van der Waals surface area contributed by atoms with Gasteiger partial charge in [-0.1, -0.05) is 0 Å². The smallest absolute Gasteiger partial charge is 0.333 e. The van der Waals surface area contributed by atoms with Crippen molar-refractivity contribution in [3.8, 4) is 0 Å². The third-order valence-corrected chi connectivity index (χ3v) is 2.90. The van der Waals surface area contributed by atoms with E-state index in [-0.39, 0.29) is 18.4 Å². The second-order valence-electron chi connectivity index (χ2n) is 3.88. The number of aliphatic hydroxyl groups is 1. The van der Waals surface area contributed by atoms with Gasteiger partial charge in [-0.3, -0.25) is 4.98 Å². The molecule has 1 fully saturated rings. The maximum atomic E-state index is 13.4. The highest BCUT2D eigenvalue weighted by Gasteiger charge is 2.56. The minimum absolute atomic E-state index is 0.248. The second kappa shape index (κ2) is 3.48. The van der Waals surface area contributed by atoms with E-state index in [1.54, 1.807) is 0 Å². The summed E-state index contributed by atoms with van der Waals surface area (Å²) in [6.07, 6.45) is 0.329. The molecule has 1 unspecified atom stereocenters. The zero-order chi connectivity index (χ0) is 11.9. The fourth-order valence-corrected chi connectivity index (χ4v) is 1.92. The van der Waals surface area contributed by atoms with Crippen LogP contribution in [0.5, 0.6) is 0 Å². The van der Waals surface area contributed by atoms with E-state index in [0.717, 1.165) is 12.4 Å². The molecule has 1 saturated carbocycles. The molecule has 1 atom stereocenters. The average Bonchev–Trinajstić information content (AvgIpc) is 2.97. The van der Waals surface area contributed by atoms with Crippen LogP contribution in [-0.4, -0.2) is 27.3 Å². The summed E-state index contributed by atoms with van der Waals surface area (Å²) < 4.78 is 26.8. The Balaban J connectivity index is 2.48. The van der Waals surface area contributed by atoms with Crippen LogP contribution in [0.4, 0.5) is 8.78 Å². The fourth-order valence-electron chi connectivity index (χ4n) is 1.92. The minimum Gasteiger partial charge on any atom is -0.479 e. The molecule has 86 valence electrons. The number of nitrogens with zero attached hydrogens (tertiary/aromatic N) is 1. The van der Waals surface area contributed by atoms with Crippen LogP contribution in [0.3, 0.4) is 0 Å². The molecule has 2 N–H and O–H groups in total. The Kier molecular flexibility index (Phi) is 2.38. The minimum atomic E-state index is -1.79. The Bertz CT molecular complexity index is 425. The Morgan fingerprint density at radius 1 is 1.38 bits per heavy atom. The highest BCUT2D eigenvalue weighted by Crippen LogP contribution is 2.52. The van der Waals surface area contributed by atoms with Crippen LogP contribution >= 0.6 is 0 Å². The van der Waals surface area contributed by atoms with Crippen LogP contribution in [0.25, 0.3) is 0 Å². The molecule has 0 amide bonds. The quantitative estimate of drug-likeness (QED) is 0.805. The number of hydrogen-bond donors (Lipinski definition) is 2. The summed E-state index contributed by atoms with van der Waals surface area (Å²) in [5.74, 6) is -3.32. The lowest BCUT2D eigenvalue weighted by Gasteiger charge is -2.19. The van der Waals surface area contributed by atoms with Crippen LogP contribution < -0.4 is 0 Å². The Morgan fingerprint density at radius 3 is 2.25 bits per heavy atom. The number of pyridine rings is 1. The van der Waals surface area contributed by atoms with Crippen molar-refractivity contribution in [2.75, 3.05) is 0 Å². The van der Waals surface area contributed by atoms with E-state index < -0.39 is 29.1 Å². The number of carbonyl (C=O) groups is 1. The van der Waals surface area contributed by atoms with Crippen molar-refractivity contribution in [1.29, 1.82) is 0 Å². The zero-order valence-corrected chi connectivity index (χ0v) is 8.15. The molecule has 0 aromatic carbocycles. The molecule has 2 rings (SSSR count). The van der Waals surface area contributed by atoms with Crippen molar-refractivity contribution in [2.45, 2.75) is 24.4 Å². The summed E-state index contributed by atoms with van der Waals surface area (Å²) in [4.78, 5) is 14.0. The summed E-state index contributed by atoms with van der Waals surface area (Å²) in [6, 6.07) is 0. The lowest BCUT2D eigenvalue weighted by Crippen LogP contribution is -2.35. The van der Waals surface area contributed by atoms with Crippen LogP contribution in [0.15, 0.2) is 12.4 Å². The maximum Gasteiger partial charge on any atom is 0.333 e. The molecule has 0 bridgehead atoms. The molecule has 1 heterocycles. The predicted molar refractivity (Wildman–Crippen MR) is 48.7 cm³/mol. The molecule has 1 aliphatic carbocycles. The van der Waals surface area contributed by atoms with E-state index in [4.69, 9.17) is 5.11 Å². The summed E-state index contributed by atoms with van der Waals surface area (Å²) >= 11 is 0. The van der Waals surface area contributed by atoms with Crippen molar-refractivity contribution in [1.82, 2.24) is 4.98 Å². The number of halogens is 2. The van der Waals surface area contributed by atoms with Crippen LogP contribution in [-0.2, 0) is 10.2 Å². The van der Waals surface area contributed by atoms with Gasteiger partial charge in [0.15, 0.2) is 6.10 Å². The maximum absolute atomic E-state index is 13.4. The normalized spacial score (nSPS) is 19.2. The van der Waals surface area contributed by atoms with Crippen LogP contribution in [0.2, 0.25) is 0 Å². The van der Waals surface area contributed by atoms with Crippen molar-refractivity contribution in [2.24, 2.45) is 0 Å². The Hall–Kier alpha value is -1.56. The van der Waals surface area contributed by atoms with E-state index >= 15 is 0 Å². The Labute approximate surface area is 89.6 Å². The molecule has 0 aliphatic heterocycles.